The quantitative estimate of drug-likeness (QED) is 0.821. The summed E-state index contributed by atoms with van der Waals surface area (Å²) in [6, 6.07) is 3.62. The first-order valence-electron chi connectivity index (χ1n) is 6.43. The van der Waals surface area contributed by atoms with Gasteiger partial charge in [0.2, 0.25) is 5.91 Å². The third-order valence-corrected chi connectivity index (χ3v) is 3.47. The molecule has 0 radical (unpaired) electrons. The van der Waals surface area contributed by atoms with Gasteiger partial charge in [0.1, 0.15) is 0 Å². The third-order valence-electron chi connectivity index (χ3n) is 3.17. The number of piperidine rings is 1. The summed E-state index contributed by atoms with van der Waals surface area (Å²) in [5, 5.41) is 3.08. The molecule has 1 fully saturated rings. The fourth-order valence-corrected chi connectivity index (χ4v) is 2.68. The molecule has 6 heteroatoms. The number of anilines is 1. The Morgan fingerprint density at radius 2 is 2.42 bits per heavy atom. The molecule has 0 bridgehead atoms. The smallest absolute Gasteiger partial charge is 0.238 e. The van der Waals surface area contributed by atoms with E-state index in [0.29, 0.717) is 23.3 Å². The number of aromatic nitrogens is 1. The van der Waals surface area contributed by atoms with E-state index in [1.54, 1.807) is 18.3 Å². The van der Waals surface area contributed by atoms with E-state index in [4.69, 9.17) is 17.3 Å². The van der Waals surface area contributed by atoms with Crippen molar-refractivity contribution >= 4 is 23.2 Å². The van der Waals surface area contributed by atoms with Crippen molar-refractivity contribution in [2.24, 2.45) is 11.7 Å². The number of nitrogens with zero attached hydrogens (tertiary/aromatic N) is 2. The Kier molecular flexibility index (Phi) is 4.74. The number of carbonyl (C=O) groups excluding carboxylic acids is 1. The SMILES string of the molecule is CC1CC(N)CN(CC(=O)Nc2cccnc2Cl)C1. The first-order valence-corrected chi connectivity index (χ1v) is 6.80. The lowest BCUT2D eigenvalue weighted by molar-refractivity contribution is -0.117. The summed E-state index contributed by atoms with van der Waals surface area (Å²) in [4.78, 5) is 18.0. The highest BCUT2D eigenvalue weighted by Gasteiger charge is 2.23. The van der Waals surface area contributed by atoms with E-state index in [-0.39, 0.29) is 11.9 Å². The van der Waals surface area contributed by atoms with Crippen LogP contribution in [0.2, 0.25) is 5.15 Å². The lowest BCUT2D eigenvalue weighted by Gasteiger charge is -2.34. The molecule has 3 N–H and O–H groups in total. The number of hydrogen-bond donors (Lipinski definition) is 2. The minimum atomic E-state index is -0.0869. The summed E-state index contributed by atoms with van der Waals surface area (Å²) in [6.45, 7) is 4.16. The fraction of sp³-hybridized carbons (Fsp3) is 0.538. The number of amides is 1. The molecule has 0 aliphatic carbocycles. The number of nitrogens with two attached hydrogens (primary N) is 1. The Hall–Kier alpha value is -1.17. The minimum Gasteiger partial charge on any atom is -0.327 e. The Morgan fingerprint density at radius 3 is 3.11 bits per heavy atom. The normalized spacial score (nSPS) is 24.2. The van der Waals surface area contributed by atoms with E-state index >= 15 is 0 Å². The molecule has 1 aliphatic heterocycles. The van der Waals surface area contributed by atoms with Gasteiger partial charge in [-0.15, -0.1) is 0 Å². The summed E-state index contributed by atoms with van der Waals surface area (Å²) in [7, 11) is 0. The van der Waals surface area contributed by atoms with Gasteiger partial charge in [0, 0.05) is 25.3 Å². The van der Waals surface area contributed by atoms with Crippen LogP contribution < -0.4 is 11.1 Å². The first-order chi connectivity index (χ1) is 9.04. The van der Waals surface area contributed by atoms with Gasteiger partial charge in [-0.05, 0) is 24.5 Å². The number of hydrogen-bond acceptors (Lipinski definition) is 4. The molecule has 1 saturated heterocycles. The summed E-state index contributed by atoms with van der Waals surface area (Å²) < 4.78 is 0. The Labute approximate surface area is 118 Å². The lowest BCUT2D eigenvalue weighted by Crippen LogP contribution is -2.48. The van der Waals surface area contributed by atoms with Gasteiger partial charge in [-0.3, -0.25) is 9.69 Å². The Bertz CT molecular complexity index is 444. The van der Waals surface area contributed by atoms with Crippen LogP contribution in [-0.4, -0.2) is 41.5 Å². The van der Waals surface area contributed by atoms with Gasteiger partial charge in [0.05, 0.1) is 12.2 Å². The van der Waals surface area contributed by atoms with E-state index in [0.717, 1.165) is 19.5 Å². The van der Waals surface area contributed by atoms with Crippen LogP contribution in [-0.2, 0) is 4.79 Å². The van der Waals surface area contributed by atoms with E-state index in [2.05, 4.69) is 22.1 Å². The maximum absolute atomic E-state index is 12.0. The van der Waals surface area contributed by atoms with Crippen LogP contribution in [0.15, 0.2) is 18.3 Å². The largest absolute Gasteiger partial charge is 0.327 e. The summed E-state index contributed by atoms with van der Waals surface area (Å²) in [5.41, 5.74) is 6.51. The van der Waals surface area contributed by atoms with Gasteiger partial charge in [-0.2, -0.15) is 0 Å². The maximum atomic E-state index is 12.0. The van der Waals surface area contributed by atoms with Crippen molar-refractivity contribution in [3.63, 3.8) is 0 Å². The molecule has 2 rings (SSSR count). The van der Waals surface area contributed by atoms with Crippen molar-refractivity contribution in [1.82, 2.24) is 9.88 Å². The molecule has 1 aromatic heterocycles. The van der Waals surface area contributed by atoms with Crippen LogP contribution in [0, 0.1) is 5.92 Å². The highest BCUT2D eigenvalue weighted by atomic mass is 35.5. The zero-order valence-electron chi connectivity index (χ0n) is 11.0. The van der Waals surface area contributed by atoms with Gasteiger partial charge in [0.15, 0.2) is 5.15 Å². The predicted molar refractivity (Wildman–Crippen MR) is 76.1 cm³/mol. The van der Waals surface area contributed by atoms with Crippen molar-refractivity contribution in [2.45, 2.75) is 19.4 Å². The molecule has 19 heavy (non-hydrogen) atoms. The molecule has 1 aliphatic rings. The highest BCUT2D eigenvalue weighted by molar-refractivity contribution is 6.32. The molecule has 1 aromatic rings. The van der Waals surface area contributed by atoms with Gasteiger partial charge in [0.25, 0.3) is 0 Å². The molecular weight excluding hydrogens is 264 g/mol. The average molecular weight is 283 g/mol. The number of rotatable bonds is 3. The van der Waals surface area contributed by atoms with Crippen LogP contribution in [0.5, 0.6) is 0 Å². The van der Waals surface area contributed by atoms with Crippen molar-refractivity contribution < 1.29 is 4.79 Å². The van der Waals surface area contributed by atoms with Crippen LogP contribution in [0.25, 0.3) is 0 Å². The molecule has 5 nitrogen and oxygen atoms in total. The van der Waals surface area contributed by atoms with Gasteiger partial charge in [-0.1, -0.05) is 18.5 Å². The predicted octanol–water partition coefficient (Wildman–Crippen LogP) is 1.34. The summed E-state index contributed by atoms with van der Waals surface area (Å²) >= 11 is 5.90. The topological polar surface area (TPSA) is 71.2 Å². The number of pyridine rings is 1. The second-order valence-electron chi connectivity index (χ2n) is 5.18. The molecule has 104 valence electrons. The Morgan fingerprint density at radius 1 is 1.63 bits per heavy atom. The van der Waals surface area contributed by atoms with Crippen molar-refractivity contribution in [1.29, 1.82) is 0 Å². The van der Waals surface area contributed by atoms with Crippen LogP contribution in [0.1, 0.15) is 13.3 Å². The molecule has 0 aromatic carbocycles. The molecule has 1 amide bonds. The van der Waals surface area contributed by atoms with Crippen LogP contribution in [0.3, 0.4) is 0 Å². The van der Waals surface area contributed by atoms with Gasteiger partial charge in [-0.25, -0.2) is 4.98 Å². The molecule has 2 unspecified atom stereocenters. The molecule has 2 atom stereocenters. The van der Waals surface area contributed by atoms with Crippen molar-refractivity contribution in [3.05, 3.63) is 23.5 Å². The second-order valence-corrected chi connectivity index (χ2v) is 5.54. The van der Waals surface area contributed by atoms with Crippen LogP contribution in [0.4, 0.5) is 5.69 Å². The number of nitrogens with one attached hydrogen (secondary N) is 1. The van der Waals surface area contributed by atoms with E-state index < -0.39 is 0 Å². The fourth-order valence-electron chi connectivity index (χ4n) is 2.51. The van der Waals surface area contributed by atoms with Gasteiger partial charge < -0.3 is 11.1 Å². The standard InChI is InChI=1S/C13H19ClN4O/c1-9-5-10(15)7-18(6-9)8-12(19)17-11-3-2-4-16-13(11)14/h2-4,9-10H,5-8,15H2,1H3,(H,17,19). The highest BCUT2D eigenvalue weighted by Crippen LogP contribution is 2.18. The van der Waals surface area contributed by atoms with Crippen molar-refractivity contribution in [3.8, 4) is 0 Å². The average Bonchev–Trinajstić information content (AvgIpc) is 2.30. The van der Waals surface area contributed by atoms with E-state index in [9.17, 15) is 4.79 Å². The first kappa shape index (κ1) is 14.2. The monoisotopic (exact) mass is 282 g/mol. The zero-order chi connectivity index (χ0) is 13.8. The number of halogens is 1. The molecular formula is C13H19ClN4O. The minimum absolute atomic E-state index is 0.0869. The Balaban J connectivity index is 1.89. The number of likely N-dealkylation sites (tertiary alicyclic amines) is 1. The molecule has 0 saturated carbocycles. The summed E-state index contributed by atoms with van der Waals surface area (Å²) in [5.74, 6) is 0.440. The van der Waals surface area contributed by atoms with Crippen molar-refractivity contribution in [2.75, 3.05) is 25.0 Å². The molecule has 0 spiro atoms. The lowest BCUT2D eigenvalue weighted by atomic mass is 9.97. The molecule has 2 heterocycles. The van der Waals surface area contributed by atoms with Gasteiger partial charge >= 0.3 is 0 Å². The maximum Gasteiger partial charge on any atom is 0.238 e. The van der Waals surface area contributed by atoms with Crippen LogP contribution >= 0.6 is 11.6 Å². The van der Waals surface area contributed by atoms with E-state index in [1.807, 2.05) is 0 Å². The van der Waals surface area contributed by atoms with E-state index in [1.165, 1.54) is 0 Å². The third kappa shape index (κ3) is 4.16. The second kappa shape index (κ2) is 6.32. The zero-order valence-corrected chi connectivity index (χ0v) is 11.7. The number of carbonyl (C=O) groups is 1. The summed E-state index contributed by atoms with van der Waals surface area (Å²) in [6.07, 6.45) is 2.61.